The van der Waals surface area contributed by atoms with Gasteiger partial charge in [-0.25, -0.2) is 0 Å². The van der Waals surface area contributed by atoms with Gasteiger partial charge in [-0.3, -0.25) is 9.59 Å². The second-order valence-electron chi connectivity index (χ2n) is 4.92. The van der Waals surface area contributed by atoms with Crippen molar-refractivity contribution in [3.63, 3.8) is 0 Å². The van der Waals surface area contributed by atoms with E-state index in [1.807, 2.05) is 13.8 Å². The molecule has 21 heavy (non-hydrogen) atoms. The molecule has 6 nitrogen and oxygen atoms in total. The Morgan fingerprint density at radius 3 is 2.48 bits per heavy atom. The first-order chi connectivity index (χ1) is 9.99. The fraction of sp³-hybridized carbons (Fsp3) is 0.467. The molecular weight excluding hydrogens is 268 g/mol. The molecule has 0 aromatic heterocycles. The van der Waals surface area contributed by atoms with Crippen molar-refractivity contribution in [2.75, 3.05) is 31.1 Å². The first kappa shape index (κ1) is 16.8. The van der Waals surface area contributed by atoms with Crippen LogP contribution in [-0.2, 0) is 4.79 Å². The van der Waals surface area contributed by atoms with E-state index in [0.717, 1.165) is 12.8 Å². The number of nitrogens with zero attached hydrogens (tertiary/aromatic N) is 1. The smallest absolute Gasteiger partial charge is 0.256 e. The second kappa shape index (κ2) is 8.14. The summed E-state index contributed by atoms with van der Waals surface area (Å²) >= 11 is 0. The fourth-order valence-electron chi connectivity index (χ4n) is 1.96. The number of carbonyl (C=O) groups is 2. The number of hydrogen-bond donors (Lipinski definition) is 3. The minimum atomic E-state index is -0.249. The highest BCUT2D eigenvalue weighted by Crippen LogP contribution is 2.17. The number of nitrogens with two attached hydrogens (primary N) is 2. The van der Waals surface area contributed by atoms with Gasteiger partial charge in [0, 0.05) is 24.5 Å². The SMILES string of the molecule is CCCNC(=O)CN(CCC)C(=O)c1ccc(N)cc1N. The van der Waals surface area contributed by atoms with Crippen LogP contribution in [0.15, 0.2) is 18.2 Å². The van der Waals surface area contributed by atoms with Crippen molar-refractivity contribution in [2.45, 2.75) is 26.7 Å². The molecule has 5 N–H and O–H groups in total. The quantitative estimate of drug-likeness (QED) is 0.658. The molecule has 1 aromatic rings. The third-order valence-electron chi connectivity index (χ3n) is 2.99. The number of rotatable bonds is 7. The lowest BCUT2D eigenvalue weighted by molar-refractivity contribution is -0.121. The molecule has 0 aliphatic rings. The summed E-state index contributed by atoms with van der Waals surface area (Å²) in [6.07, 6.45) is 1.63. The maximum Gasteiger partial charge on any atom is 0.256 e. The zero-order valence-electron chi connectivity index (χ0n) is 12.7. The summed E-state index contributed by atoms with van der Waals surface area (Å²) in [5.41, 5.74) is 12.7. The maximum atomic E-state index is 12.5. The summed E-state index contributed by atoms with van der Waals surface area (Å²) in [6, 6.07) is 4.78. The van der Waals surface area contributed by atoms with Crippen LogP contribution < -0.4 is 16.8 Å². The van der Waals surface area contributed by atoms with Gasteiger partial charge in [0.1, 0.15) is 0 Å². The standard InChI is InChI=1S/C15H24N4O2/c1-3-7-18-14(20)10-19(8-4-2)15(21)12-6-5-11(16)9-13(12)17/h5-6,9H,3-4,7-8,10,16-17H2,1-2H3,(H,18,20). The van der Waals surface area contributed by atoms with Gasteiger partial charge in [0.25, 0.3) is 5.91 Å². The molecule has 0 aliphatic heterocycles. The zero-order chi connectivity index (χ0) is 15.8. The van der Waals surface area contributed by atoms with Crippen LogP contribution in [0.4, 0.5) is 11.4 Å². The van der Waals surface area contributed by atoms with Crippen molar-refractivity contribution in [2.24, 2.45) is 0 Å². The molecule has 116 valence electrons. The van der Waals surface area contributed by atoms with Crippen LogP contribution in [0.2, 0.25) is 0 Å². The number of amides is 2. The van der Waals surface area contributed by atoms with E-state index in [2.05, 4.69) is 5.32 Å². The van der Waals surface area contributed by atoms with Gasteiger partial charge >= 0.3 is 0 Å². The van der Waals surface area contributed by atoms with E-state index in [-0.39, 0.29) is 18.4 Å². The van der Waals surface area contributed by atoms with Crippen molar-refractivity contribution in [1.29, 1.82) is 0 Å². The minimum Gasteiger partial charge on any atom is -0.399 e. The summed E-state index contributed by atoms with van der Waals surface area (Å²) in [7, 11) is 0. The molecule has 6 heteroatoms. The highest BCUT2D eigenvalue weighted by Gasteiger charge is 2.19. The molecule has 2 amide bonds. The maximum absolute atomic E-state index is 12.5. The summed E-state index contributed by atoms with van der Waals surface area (Å²) in [6.45, 7) is 5.08. The van der Waals surface area contributed by atoms with Crippen LogP contribution >= 0.6 is 0 Å². The molecule has 0 aliphatic carbocycles. The Bertz CT molecular complexity index is 502. The number of nitrogen functional groups attached to an aromatic ring is 2. The van der Waals surface area contributed by atoms with Gasteiger partial charge in [-0.05, 0) is 31.0 Å². The molecule has 0 saturated carbocycles. The predicted molar refractivity (Wildman–Crippen MR) is 84.8 cm³/mol. The predicted octanol–water partition coefficient (Wildman–Crippen LogP) is 1.23. The van der Waals surface area contributed by atoms with Gasteiger partial charge in [0.15, 0.2) is 0 Å². The molecule has 0 spiro atoms. The minimum absolute atomic E-state index is 0.0382. The van der Waals surface area contributed by atoms with Crippen LogP contribution in [-0.4, -0.2) is 36.3 Å². The lowest BCUT2D eigenvalue weighted by Crippen LogP contribution is -2.41. The second-order valence-corrected chi connectivity index (χ2v) is 4.92. The van der Waals surface area contributed by atoms with Gasteiger partial charge < -0.3 is 21.7 Å². The van der Waals surface area contributed by atoms with E-state index in [1.54, 1.807) is 18.2 Å². The van der Waals surface area contributed by atoms with Crippen LogP contribution in [0.1, 0.15) is 37.0 Å². The van der Waals surface area contributed by atoms with Crippen LogP contribution in [0.5, 0.6) is 0 Å². The summed E-state index contributed by atoms with van der Waals surface area (Å²) in [4.78, 5) is 25.8. The topological polar surface area (TPSA) is 101 Å². The highest BCUT2D eigenvalue weighted by molar-refractivity contribution is 6.01. The van der Waals surface area contributed by atoms with Gasteiger partial charge in [-0.15, -0.1) is 0 Å². The Kier molecular flexibility index (Phi) is 6.52. The molecule has 0 saturated heterocycles. The molecular formula is C15H24N4O2. The number of nitrogens with one attached hydrogen (secondary N) is 1. The summed E-state index contributed by atoms with van der Waals surface area (Å²) < 4.78 is 0. The number of anilines is 2. The Morgan fingerprint density at radius 1 is 1.19 bits per heavy atom. The molecule has 0 heterocycles. The van der Waals surface area contributed by atoms with E-state index in [1.165, 1.54) is 4.90 Å². The van der Waals surface area contributed by atoms with E-state index >= 15 is 0 Å². The third kappa shape index (κ3) is 4.98. The Hall–Kier alpha value is -2.24. The van der Waals surface area contributed by atoms with Crippen LogP contribution in [0, 0.1) is 0 Å². The first-order valence-corrected chi connectivity index (χ1v) is 7.20. The van der Waals surface area contributed by atoms with E-state index < -0.39 is 0 Å². The normalized spacial score (nSPS) is 10.2. The van der Waals surface area contributed by atoms with Gasteiger partial charge in [0.2, 0.25) is 5.91 Å². The first-order valence-electron chi connectivity index (χ1n) is 7.20. The van der Waals surface area contributed by atoms with E-state index in [0.29, 0.717) is 30.0 Å². The van der Waals surface area contributed by atoms with Gasteiger partial charge in [0.05, 0.1) is 12.1 Å². The van der Waals surface area contributed by atoms with Gasteiger partial charge in [-0.1, -0.05) is 13.8 Å². The third-order valence-corrected chi connectivity index (χ3v) is 2.99. The number of hydrogen-bond acceptors (Lipinski definition) is 4. The molecule has 0 radical (unpaired) electrons. The summed E-state index contributed by atoms with van der Waals surface area (Å²) in [5, 5.41) is 2.77. The Labute approximate surface area is 125 Å². The molecule has 1 aromatic carbocycles. The molecule has 0 atom stereocenters. The number of benzene rings is 1. The van der Waals surface area contributed by atoms with Crippen molar-refractivity contribution in [3.05, 3.63) is 23.8 Å². The molecule has 0 unspecified atom stereocenters. The van der Waals surface area contributed by atoms with E-state index in [4.69, 9.17) is 11.5 Å². The molecule has 0 fully saturated rings. The zero-order valence-corrected chi connectivity index (χ0v) is 12.7. The Morgan fingerprint density at radius 2 is 1.90 bits per heavy atom. The van der Waals surface area contributed by atoms with Crippen molar-refractivity contribution in [3.8, 4) is 0 Å². The molecule has 0 bridgehead atoms. The average molecular weight is 292 g/mol. The monoisotopic (exact) mass is 292 g/mol. The van der Waals surface area contributed by atoms with Crippen LogP contribution in [0.3, 0.4) is 0 Å². The summed E-state index contributed by atoms with van der Waals surface area (Å²) in [5.74, 6) is -0.409. The number of carbonyl (C=O) groups excluding carboxylic acids is 2. The highest BCUT2D eigenvalue weighted by atomic mass is 16.2. The fourth-order valence-corrected chi connectivity index (χ4v) is 1.96. The lowest BCUT2D eigenvalue weighted by Gasteiger charge is -2.22. The Balaban J connectivity index is 2.83. The van der Waals surface area contributed by atoms with E-state index in [9.17, 15) is 9.59 Å². The van der Waals surface area contributed by atoms with Crippen molar-refractivity contribution in [1.82, 2.24) is 10.2 Å². The largest absolute Gasteiger partial charge is 0.399 e. The van der Waals surface area contributed by atoms with Crippen LogP contribution in [0.25, 0.3) is 0 Å². The molecule has 1 rings (SSSR count). The van der Waals surface area contributed by atoms with Crippen molar-refractivity contribution < 1.29 is 9.59 Å². The average Bonchev–Trinajstić information content (AvgIpc) is 2.44. The lowest BCUT2D eigenvalue weighted by atomic mass is 10.1. The van der Waals surface area contributed by atoms with Gasteiger partial charge in [-0.2, -0.15) is 0 Å². The van der Waals surface area contributed by atoms with Crippen molar-refractivity contribution >= 4 is 23.2 Å².